The van der Waals surface area contributed by atoms with Gasteiger partial charge >= 0.3 is 5.82 Å². The Morgan fingerprint density at radius 1 is 1.45 bits per heavy atom. The van der Waals surface area contributed by atoms with Crippen molar-refractivity contribution < 1.29 is 30.5 Å². The van der Waals surface area contributed by atoms with Gasteiger partial charge in [-0.2, -0.15) is 0 Å². The summed E-state index contributed by atoms with van der Waals surface area (Å²) in [6.07, 6.45) is 2.49. The van der Waals surface area contributed by atoms with Gasteiger partial charge < -0.3 is 9.35 Å². The van der Waals surface area contributed by atoms with Crippen LogP contribution in [-0.4, -0.2) is 17.8 Å². The molecule has 0 radical (unpaired) electrons. The van der Waals surface area contributed by atoms with Crippen LogP contribution in [0.5, 0.6) is 0 Å². The highest BCUT2D eigenvalue weighted by Gasteiger charge is 1.90. The van der Waals surface area contributed by atoms with Crippen LogP contribution in [0.3, 0.4) is 0 Å². The highest BCUT2D eigenvalue weighted by atomic mass is 32.3. The van der Waals surface area contributed by atoms with Crippen molar-refractivity contribution in [1.82, 2.24) is 0 Å². The van der Waals surface area contributed by atoms with E-state index in [1.54, 1.807) is 0 Å². The van der Waals surface area contributed by atoms with Gasteiger partial charge in [-0.15, -0.1) is 3.89 Å². The minimum Gasteiger partial charge on any atom is -0.722 e. The lowest BCUT2D eigenvalue weighted by atomic mass is 11.1. The molecule has 1 aromatic rings. The molecule has 0 unspecified atom stereocenters. The van der Waals surface area contributed by atoms with Crippen LogP contribution in [0.25, 0.3) is 0 Å². The maximum Gasteiger partial charge on any atom is 0.723 e. The molecule has 8 heteroatoms. The van der Waals surface area contributed by atoms with Crippen LogP contribution < -0.4 is 5.82 Å². The first-order valence-corrected chi connectivity index (χ1v) is 3.40. The van der Waals surface area contributed by atoms with Crippen LogP contribution in [0.1, 0.15) is 0 Å². The van der Waals surface area contributed by atoms with E-state index >= 15 is 0 Å². The minimum atomic E-state index is -5.42. The van der Waals surface area contributed by atoms with Crippen molar-refractivity contribution in [1.29, 1.82) is 0 Å². The lowest BCUT2D eigenvalue weighted by Crippen LogP contribution is -1.87. The number of hydrogen-bond donors (Lipinski definition) is 0. The molecule has 0 bridgehead atoms. The highest BCUT2D eigenvalue weighted by molar-refractivity contribution is 7.80. The number of rotatable bonds is 0. The largest absolute Gasteiger partial charge is 0.723 e. The Bertz CT molecular complexity index is 308. The van der Waals surface area contributed by atoms with Gasteiger partial charge in [0.05, 0.1) is 0 Å². The van der Waals surface area contributed by atoms with Gasteiger partial charge in [0.25, 0.3) is 10.5 Å². The van der Waals surface area contributed by atoms with Gasteiger partial charge in [-0.05, 0) is 0 Å². The van der Waals surface area contributed by atoms with E-state index in [0.29, 0.717) is 0 Å². The lowest BCUT2D eigenvalue weighted by molar-refractivity contribution is 0.250. The third kappa shape index (κ3) is 12.1. The summed E-state index contributed by atoms with van der Waals surface area (Å²) in [4.78, 5) is 8.14. The molecule has 0 saturated heterocycles. The van der Waals surface area contributed by atoms with Crippen LogP contribution >= 0.6 is 0 Å². The van der Waals surface area contributed by atoms with Crippen LogP contribution in [0.4, 0.5) is 3.89 Å². The summed E-state index contributed by atoms with van der Waals surface area (Å²) >= 11 is 0. The van der Waals surface area contributed by atoms with E-state index in [9.17, 15) is 3.89 Å². The molecule has 1 N–H and O–H groups in total. The first-order valence-electron chi connectivity index (χ1n) is 2.09. The van der Waals surface area contributed by atoms with Gasteiger partial charge in [0.1, 0.15) is 0 Å². The lowest BCUT2D eigenvalue weighted by Gasteiger charge is -1.84. The Morgan fingerprint density at radius 2 is 1.73 bits per heavy atom. The molecular weight excluding hydrogens is 183 g/mol. The molecule has 0 fully saturated rings. The molecule has 0 spiro atoms. The zero-order valence-corrected chi connectivity index (χ0v) is 5.75. The van der Waals surface area contributed by atoms with Gasteiger partial charge in [0.15, 0.2) is 0 Å². The highest BCUT2D eigenvalue weighted by Crippen LogP contribution is 1.73. The molecule has 0 aliphatic rings. The molecule has 0 saturated carbocycles. The van der Waals surface area contributed by atoms with E-state index < -0.39 is 16.3 Å². The summed E-state index contributed by atoms with van der Waals surface area (Å²) in [5, 5.41) is 0. The smallest absolute Gasteiger partial charge is 0.722 e. The molecular formula is C3H3FO6S. The molecule has 0 aliphatic carbocycles. The van der Waals surface area contributed by atoms with E-state index in [2.05, 4.69) is 8.83 Å². The number of halogens is 1. The van der Waals surface area contributed by atoms with E-state index in [0.717, 1.165) is 0 Å². The van der Waals surface area contributed by atoms with Crippen molar-refractivity contribution in [3.05, 3.63) is 18.3 Å². The first kappa shape index (κ1) is 9.85. The van der Waals surface area contributed by atoms with Crippen molar-refractivity contribution in [3.63, 3.8) is 0 Å². The third-order valence-corrected chi connectivity index (χ3v) is 0.393. The van der Waals surface area contributed by atoms with Gasteiger partial charge in [-0.3, -0.25) is 8.83 Å². The fourth-order valence-electron chi connectivity index (χ4n) is 0.200. The van der Waals surface area contributed by atoms with Crippen LogP contribution in [-0.2, 0) is 10.5 Å². The van der Waals surface area contributed by atoms with Gasteiger partial charge in [-0.25, -0.2) is 8.42 Å². The van der Waals surface area contributed by atoms with Gasteiger partial charge in [-0.1, -0.05) is 0 Å². The molecule has 6 nitrogen and oxygen atoms in total. The predicted molar refractivity (Wildman–Crippen MR) is 26.9 cm³/mol. The second-order valence-corrected chi connectivity index (χ2v) is 1.95. The first-order chi connectivity index (χ1) is 4.89. The predicted octanol–water partition coefficient (Wildman–Crippen LogP) is -0.707. The maximum absolute atomic E-state index is 10.1. The average Bonchev–Trinajstić information content (AvgIpc) is 2.12. The summed E-state index contributed by atoms with van der Waals surface area (Å²) in [5.74, 6) is -0.407. The molecule has 1 aromatic heterocycles. The summed E-state index contributed by atoms with van der Waals surface area (Å²) in [7, 11) is -5.42. The molecule has 0 aromatic carbocycles. The van der Waals surface area contributed by atoms with Crippen LogP contribution in [0, 0.1) is 0 Å². The molecule has 0 atom stereocenters. The van der Waals surface area contributed by atoms with E-state index in [1.807, 2.05) is 0 Å². The fraction of sp³-hybridized carbons (Fsp3) is 0. The second kappa shape index (κ2) is 3.88. The maximum atomic E-state index is 10.1. The van der Waals surface area contributed by atoms with Crippen molar-refractivity contribution in [2.24, 2.45) is 0 Å². The third-order valence-electron chi connectivity index (χ3n) is 0.393. The minimum absolute atomic E-state index is 0.407. The average molecular weight is 186 g/mol. The van der Waals surface area contributed by atoms with Crippen LogP contribution in [0.2, 0.25) is 0 Å². The number of hydrogen-bond acceptors (Lipinski definition) is 5. The molecule has 64 valence electrons. The van der Waals surface area contributed by atoms with Gasteiger partial charge in [0, 0.05) is 0 Å². The van der Waals surface area contributed by atoms with Crippen molar-refractivity contribution in [3.8, 4) is 0 Å². The molecule has 1 rings (SSSR count). The second-order valence-electron chi connectivity index (χ2n) is 1.17. The fourth-order valence-corrected chi connectivity index (χ4v) is 0.200. The van der Waals surface area contributed by atoms with E-state index in [-0.39, 0.29) is 0 Å². The summed E-state index contributed by atoms with van der Waals surface area (Å²) in [6, 6.07) is 0. The zero-order valence-electron chi connectivity index (χ0n) is 4.93. The summed E-state index contributed by atoms with van der Waals surface area (Å²) in [5.41, 5.74) is 0. The SMILES string of the molecule is O=S(=O)([O-])F.[OH+]=c1occo1. The standard InChI is InChI=1S/C3H2O3.FHO3S/c4-3-5-1-2-6-3;1-5(2,3)4/h1-2H;(H,2,3,4). The van der Waals surface area contributed by atoms with Crippen molar-refractivity contribution >= 4 is 10.5 Å². The Hall–Kier alpha value is -1.15. The Labute approximate surface area is 60.3 Å². The topological polar surface area (TPSA) is 105 Å². The summed E-state index contributed by atoms with van der Waals surface area (Å²) in [6.45, 7) is 0. The quantitative estimate of drug-likeness (QED) is 0.302. The van der Waals surface area contributed by atoms with Crippen molar-refractivity contribution in [2.75, 3.05) is 0 Å². The van der Waals surface area contributed by atoms with Crippen LogP contribution in [0.15, 0.2) is 21.4 Å². The Morgan fingerprint density at radius 3 is 1.82 bits per heavy atom. The summed E-state index contributed by atoms with van der Waals surface area (Å²) < 4.78 is 43.8. The molecule has 0 amide bonds. The molecule has 11 heavy (non-hydrogen) atoms. The zero-order chi connectivity index (χ0) is 8.91. The molecule has 1 heterocycles. The van der Waals surface area contributed by atoms with Gasteiger partial charge in [0.2, 0.25) is 12.5 Å². The Kier molecular flexibility index (Phi) is 3.48. The van der Waals surface area contributed by atoms with E-state index in [4.69, 9.17) is 17.8 Å². The molecule has 0 aliphatic heterocycles. The van der Waals surface area contributed by atoms with E-state index in [1.165, 1.54) is 12.5 Å². The normalized spacial score (nSPS) is 10.0. The Balaban J connectivity index is 0.000000187. The monoisotopic (exact) mass is 186 g/mol. The van der Waals surface area contributed by atoms with Crippen molar-refractivity contribution in [2.45, 2.75) is 0 Å².